The van der Waals surface area contributed by atoms with Crippen LogP contribution in [0.5, 0.6) is 0 Å². The minimum Gasteiger partial charge on any atom is -0.481 e. The number of benzene rings is 1. The number of ether oxygens (including phenoxy) is 1. The molecule has 1 amide bonds. The van der Waals surface area contributed by atoms with Crippen molar-refractivity contribution in [3.05, 3.63) is 35.6 Å². The number of fused-ring (bicyclic) bond motifs is 1. The van der Waals surface area contributed by atoms with Crippen molar-refractivity contribution >= 4 is 22.8 Å². The lowest BCUT2D eigenvalue weighted by atomic mass is 9.86. The van der Waals surface area contributed by atoms with Gasteiger partial charge in [-0.15, -0.1) is 0 Å². The van der Waals surface area contributed by atoms with E-state index >= 15 is 0 Å². The number of hydrogen-bond donors (Lipinski definition) is 1. The Labute approximate surface area is 170 Å². The highest BCUT2D eigenvalue weighted by Crippen LogP contribution is 2.30. The number of carbonyl (C=O) groups excluding carboxylic acids is 1. The van der Waals surface area contributed by atoms with E-state index in [0.29, 0.717) is 49.9 Å². The molecule has 0 radical (unpaired) electrons. The second-order valence-electron chi connectivity index (χ2n) is 8.03. The van der Waals surface area contributed by atoms with Gasteiger partial charge in [0.1, 0.15) is 11.3 Å². The first-order chi connectivity index (χ1) is 14.0. The van der Waals surface area contributed by atoms with E-state index in [1.807, 2.05) is 36.1 Å². The Hall–Kier alpha value is -2.38. The molecule has 1 N–H and O–H groups in total. The molecule has 2 aromatic rings. The van der Waals surface area contributed by atoms with E-state index in [-0.39, 0.29) is 18.2 Å². The van der Waals surface area contributed by atoms with Crippen molar-refractivity contribution < 1.29 is 23.8 Å². The number of carboxylic acids is 1. The van der Waals surface area contributed by atoms with Crippen LogP contribution in [0.15, 0.2) is 28.7 Å². The van der Waals surface area contributed by atoms with Crippen LogP contribution in [-0.2, 0) is 9.53 Å². The van der Waals surface area contributed by atoms with E-state index in [1.165, 1.54) is 0 Å². The fourth-order valence-electron chi connectivity index (χ4n) is 4.72. The van der Waals surface area contributed by atoms with Crippen molar-refractivity contribution in [3.8, 4) is 0 Å². The molecule has 3 heterocycles. The van der Waals surface area contributed by atoms with Gasteiger partial charge in [-0.05, 0) is 37.8 Å². The molecule has 0 aliphatic carbocycles. The van der Waals surface area contributed by atoms with Gasteiger partial charge in [-0.25, -0.2) is 0 Å². The minimum absolute atomic E-state index is 0.0364. The summed E-state index contributed by atoms with van der Waals surface area (Å²) in [5.41, 5.74) is 1.21. The molecule has 1 aromatic carbocycles. The van der Waals surface area contributed by atoms with E-state index in [2.05, 4.69) is 4.90 Å². The molecule has 2 aliphatic rings. The molecular formula is C22H28N2O5. The number of piperidine rings is 1. The molecule has 0 saturated carbocycles. The maximum atomic E-state index is 13.3. The Kier molecular flexibility index (Phi) is 5.87. The number of hydrogen-bond acceptors (Lipinski definition) is 5. The van der Waals surface area contributed by atoms with Crippen LogP contribution in [0.3, 0.4) is 0 Å². The third kappa shape index (κ3) is 4.31. The lowest BCUT2D eigenvalue weighted by Gasteiger charge is -2.45. The predicted molar refractivity (Wildman–Crippen MR) is 108 cm³/mol. The molecule has 156 valence electrons. The number of aliphatic carboxylic acids is 1. The van der Waals surface area contributed by atoms with Crippen molar-refractivity contribution in [1.29, 1.82) is 0 Å². The van der Waals surface area contributed by atoms with Crippen LogP contribution in [0.25, 0.3) is 11.0 Å². The third-order valence-corrected chi connectivity index (χ3v) is 6.12. The van der Waals surface area contributed by atoms with Gasteiger partial charge >= 0.3 is 5.97 Å². The van der Waals surface area contributed by atoms with Crippen molar-refractivity contribution in [2.45, 2.75) is 32.2 Å². The van der Waals surface area contributed by atoms with Crippen LogP contribution in [-0.4, -0.2) is 72.2 Å². The van der Waals surface area contributed by atoms with Crippen LogP contribution in [0.1, 0.15) is 35.4 Å². The van der Waals surface area contributed by atoms with Gasteiger partial charge in [0, 0.05) is 44.0 Å². The van der Waals surface area contributed by atoms with Crippen molar-refractivity contribution in [2.24, 2.45) is 5.92 Å². The number of aryl methyl sites for hydroxylation is 1. The average Bonchev–Trinajstić information content (AvgIpc) is 3.12. The molecule has 2 aliphatic heterocycles. The number of para-hydroxylation sites is 1. The Morgan fingerprint density at radius 3 is 2.76 bits per heavy atom. The number of nitrogens with zero attached hydrogens (tertiary/aromatic N) is 2. The summed E-state index contributed by atoms with van der Waals surface area (Å²) in [6.07, 6.45) is 1.55. The maximum Gasteiger partial charge on any atom is 0.303 e. The van der Waals surface area contributed by atoms with Crippen molar-refractivity contribution in [3.63, 3.8) is 0 Å². The first-order valence-corrected chi connectivity index (χ1v) is 10.3. The highest BCUT2D eigenvalue weighted by molar-refractivity contribution is 6.05. The molecular weight excluding hydrogens is 372 g/mol. The van der Waals surface area contributed by atoms with E-state index in [9.17, 15) is 14.7 Å². The molecule has 7 heteroatoms. The van der Waals surface area contributed by atoms with Gasteiger partial charge < -0.3 is 19.2 Å². The zero-order chi connectivity index (χ0) is 20.4. The summed E-state index contributed by atoms with van der Waals surface area (Å²) in [6.45, 7) is 6.28. The Bertz CT molecular complexity index is 886. The first kappa shape index (κ1) is 19.9. The van der Waals surface area contributed by atoms with Crippen LogP contribution in [0.2, 0.25) is 0 Å². The van der Waals surface area contributed by atoms with Gasteiger partial charge in [-0.1, -0.05) is 12.1 Å². The molecule has 0 bridgehead atoms. The van der Waals surface area contributed by atoms with Gasteiger partial charge in [-0.3, -0.25) is 14.5 Å². The Balaban J connectivity index is 1.53. The molecule has 1 aromatic heterocycles. The average molecular weight is 400 g/mol. The number of furan rings is 1. The predicted octanol–water partition coefficient (Wildman–Crippen LogP) is 2.77. The molecule has 2 saturated heterocycles. The number of carboxylic acid groups (broad SMARTS) is 1. The number of morpholine rings is 1. The summed E-state index contributed by atoms with van der Waals surface area (Å²) in [4.78, 5) is 28.8. The minimum atomic E-state index is -0.787. The fourth-order valence-corrected chi connectivity index (χ4v) is 4.72. The smallest absolute Gasteiger partial charge is 0.303 e. The second-order valence-corrected chi connectivity index (χ2v) is 8.03. The third-order valence-electron chi connectivity index (χ3n) is 6.12. The van der Waals surface area contributed by atoms with E-state index in [4.69, 9.17) is 9.15 Å². The van der Waals surface area contributed by atoms with Gasteiger partial charge in [0.15, 0.2) is 0 Å². The molecule has 0 unspecified atom stereocenters. The standard InChI is InChI=1S/C22H28N2O5/c1-15-13-16-3-2-4-18(21(16)29-15)22(27)24-8-7-19(23-9-11-28-12-10-23)17(14-24)5-6-20(25)26/h2-4,13,17,19H,5-12,14H2,1H3,(H,25,26)/t17-,19+/m1/s1. The Morgan fingerprint density at radius 2 is 2.00 bits per heavy atom. The van der Waals surface area contributed by atoms with Crippen LogP contribution < -0.4 is 0 Å². The van der Waals surface area contributed by atoms with Crippen molar-refractivity contribution in [1.82, 2.24) is 9.80 Å². The highest BCUT2D eigenvalue weighted by Gasteiger charge is 2.36. The molecule has 0 spiro atoms. The topological polar surface area (TPSA) is 83.2 Å². The summed E-state index contributed by atoms with van der Waals surface area (Å²) < 4.78 is 11.3. The largest absolute Gasteiger partial charge is 0.481 e. The van der Waals surface area contributed by atoms with Gasteiger partial charge in [0.25, 0.3) is 5.91 Å². The summed E-state index contributed by atoms with van der Waals surface area (Å²) >= 11 is 0. The van der Waals surface area contributed by atoms with Crippen LogP contribution in [0.4, 0.5) is 0 Å². The number of amides is 1. The second kappa shape index (κ2) is 8.55. The lowest BCUT2D eigenvalue weighted by Crippen LogP contribution is -2.55. The normalized spacial score (nSPS) is 23.4. The van der Waals surface area contributed by atoms with Gasteiger partial charge in [0.2, 0.25) is 0 Å². The lowest BCUT2D eigenvalue weighted by molar-refractivity contribution is -0.137. The summed E-state index contributed by atoms with van der Waals surface area (Å²) in [6, 6.07) is 7.87. The summed E-state index contributed by atoms with van der Waals surface area (Å²) in [5, 5.41) is 10.1. The fraction of sp³-hybridized carbons (Fsp3) is 0.545. The van der Waals surface area contributed by atoms with Crippen molar-refractivity contribution in [2.75, 3.05) is 39.4 Å². The van der Waals surface area contributed by atoms with Crippen LogP contribution in [0, 0.1) is 12.8 Å². The zero-order valence-electron chi connectivity index (χ0n) is 16.8. The summed E-state index contributed by atoms with van der Waals surface area (Å²) in [5.74, 6) is 0.0979. The Morgan fingerprint density at radius 1 is 1.21 bits per heavy atom. The molecule has 4 rings (SSSR count). The number of carbonyl (C=O) groups is 2. The quantitative estimate of drug-likeness (QED) is 0.831. The molecule has 2 atom stereocenters. The molecule has 7 nitrogen and oxygen atoms in total. The zero-order valence-corrected chi connectivity index (χ0v) is 16.8. The number of rotatable bonds is 5. The van der Waals surface area contributed by atoms with E-state index in [1.54, 1.807) is 0 Å². The van der Waals surface area contributed by atoms with Gasteiger partial charge in [-0.2, -0.15) is 0 Å². The van der Waals surface area contributed by atoms with Gasteiger partial charge in [0.05, 0.1) is 18.8 Å². The first-order valence-electron chi connectivity index (χ1n) is 10.3. The van der Waals surface area contributed by atoms with E-state index < -0.39 is 5.97 Å². The maximum absolute atomic E-state index is 13.3. The highest BCUT2D eigenvalue weighted by atomic mass is 16.5. The number of likely N-dealkylation sites (tertiary alicyclic amines) is 1. The monoisotopic (exact) mass is 400 g/mol. The SMILES string of the molecule is Cc1cc2cccc(C(=O)N3CC[C@H](N4CCOCC4)[C@H](CCC(=O)O)C3)c2o1. The van der Waals surface area contributed by atoms with Crippen LogP contribution >= 0.6 is 0 Å². The molecule has 29 heavy (non-hydrogen) atoms. The summed E-state index contributed by atoms with van der Waals surface area (Å²) in [7, 11) is 0. The van der Waals surface area contributed by atoms with E-state index in [0.717, 1.165) is 30.7 Å². The molecule has 2 fully saturated rings.